The van der Waals surface area contributed by atoms with Crippen LogP contribution in [0.25, 0.3) is 16.9 Å². The average Bonchev–Trinajstić information content (AvgIpc) is 3.26. The summed E-state index contributed by atoms with van der Waals surface area (Å²) < 4.78 is 6.90. The summed E-state index contributed by atoms with van der Waals surface area (Å²) in [6, 6.07) is 21.3. The molecule has 0 aliphatic heterocycles. The molecule has 0 bridgehead atoms. The molecular formula is C24H22N4O2. The number of amides is 1. The van der Waals surface area contributed by atoms with Gasteiger partial charge in [-0.25, -0.2) is 4.68 Å². The molecule has 0 fully saturated rings. The van der Waals surface area contributed by atoms with Gasteiger partial charge in [0.1, 0.15) is 11.4 Å². The predicted molar refractivity (Wildman–Crippen MR) is 116 cm³/mol. The zero-order valence-corrected chi connectivity index (χ0v) is 16.7. The molecule has 4 aromatic rings. The molecular weight excluding hydrogens is 376 g/mol. The molecule has 0 aliphatic carbocycles. The molecule has 4 rings (SSSR count). The second-order valence-electron chi connectivity index (χ2n) is 6.77. The molecule has 0 atom stereocenters. The van der Waals surface area contributed by atoms with Crippen molar-refractivity contribution in [2.75, 3.05) is 13.7 Å². The third kappa shape index (κ3) is 4.38. The quantitative estimate of drug-likeness (QED) is 0.512. The van der Waals surface area contributed by atoms with Crippen molar-refractivity contribution in [3.63, 3.8) is 0 Å². The normalized spacial score (nSPS) is 10.6. The summed E-state index contributed by atoms with van der Waals surface area (Å²) in [5, 5.41) is 7.67. The van der Waals surface area contributed by atoms with Gasteiger partial charge in [0.05, 0.1) is 18.4 Å². The first-order chi connectivity index (χ1) is 14.7. The zero-order valence-electron chi connectivity index (χ0n) is 16.7. The van der Waals surface area contributed by atoms with Crippen molar-refractivity contribution in [3.8, 4) is 22.7 Å². The van der Waals surface area contributed by atoms with Crippen molar-refractivity contribution in [2.45, 2.75) is 6.42 Å². The highest BCUT2D eigenvalue weighted by atomic mass is 16.5. The molecule has 0 unspecified atom stereocenters. The first-order valence-corrected chi connectivity index (χ1v) is 9.71. The molecule has 2 aromatic carbocycles. The summed E-state index contributed by atoms with van der Waals surface area (Å²) in [5.41, 5.74) is 3.94. The molecule has 6 heteroatoms. The number of ether oxygens (including phenoxy) is 1. The van der Waals surface area contributed by atoms with Gasteiger partial charge in [-0.1, -0.05) is 30.3 Å². The Morgan fingerprint density at radius 1 is 1.03 bits per heavy atom. The fourth-order valence-electron chi connectivity index (χ4n) is 3.18. The fraction of sp³-hybridized carbons (Fsp3) is 0.125. The number of para-hydroxylation sites is 1. The summed E-state index contributed by atoms with van der Waals surface area (Å²) in [4.78, 5) is 17.1. The Morgan fingerprint density at radius 3 is 2.53 bits per heavy atom. The van der Waals surface area contributed by atoms with Crippen molar-refractivity contribution in [3.05, 3.63) is 96.4 Å². The van der Waals surface area contributed by atoms with E-state index in [4.69, 9.17) is 4.74 Å². The maximum absolute atomic E-state index is 13.0. The largest absolute Gasteiger partial charge is 0.497 e. The standard InChI is InChI=1S/C24H22N4O2/c1-30-21-11-9-18(10-12-21)13-15-26-24(29)22-17-28(20-7-3-2-4-8-20)27-23(22)19-6-5-14-25-16-19/h2-12,14,16-17H,13,15H2,1H3,(H,26,29). The van der Waals surface area contributed by atoms with Crippen molar-refractivity contribution in [2.24, 2.45) is 0 Å². The van der Waals surface area contributed by atoms with E-state index < -0.39 is 0 Å². The van der Waals surface area contributed by atoms with Gasteiger partial charge in [0.2, 0.25) is 0 Å². The lowest BCUT2D eigenvalue weighted by atomic mass is 10.1. The number of nitrogens with zero attached hydrogens (tertiary/aromatic N) is 3. The summed E-state index contributed by atoms with van der Waals surface area (Å²) in [5.74, 6) is 0.654. The van der Waals surface area contributed by atoms with E-state index in [1.807, 2.05) is 66.7 Å². The van der Waals surface area contributed by atoms with E-state index in [2.05, 4.69) is 15.4 Å². The monoisotopic (exact) mass is 398 g/mol. The van der Waals surface area contributed by atoms with Crippen LogP contribution in [0, 0.1) is 0 Å². The molecule has 2 aromatic heterocycles. The van der Waals surface area contributed by atoms with Gasteiger partial charge in [0.15, 0.2) is 0 Å². The lowest BCUT2D eigenvalue weighted by Gasteiger charge is -2.06. The van der Waals surface area contributed by atoms with Crippen molar-refractivity contribution >= 4 is 5.91 Å². The van der Waals surface area contributed by atoms with Crippen LogP contribution in [0.2, 0.25) is 0 Å². The molecule has 0 spiro atoms. The van der Waals surface area contributed by atoms with Crippen LogP contribution in [0.1, 0.15) is 15.9 Å². The number of nitrogens with one attached hydrogen (secondary N) is 1. The van der Waals surface area contributed by atoms with Gasteiger partial charge in [-0.05, 0) is 48.4 Å². The number of rotatable bonds is 7. The van der Waals surface area contributed by atoms with Gasteiger partial charge in [-0.2, -0.15) is 5.10 Å². The maximum atomic E-state index is 13.0. The lowest BCUT2D eigenvalue weighted by Crippen LogP contribution is -2.25. The van der Waals surface area contributed by atoms with Crippen molar-refractivity contribution < 1.29 is 9.53 Å². The highest BCUT2D eigenvalue weighted by Gasteiger charge is 2.18. The van der Waals surface area contributed by atoms with Crippen LogP contribution < -0.4 is 10.1 Å². The van der Waals surface area contributed by atoms with Crippen molar-refractivity contribution in [1.82, 2.24) is 20.1 Å². The summed E-state index contributed by atoms with van der Waals surface area (Å²) >= 11 is 0. The molecule has 0 saturated carbocycles. The minimum atomic E-state index is -0.162. The molecule has 1 N–H and O–H groups in total. The van der Waals surface area contributed by atoms with Gasteiger partial charge in [-0.3, -0.25) is 9.78 Å². The molecule has 1 amide bonds. The molecule has 6 nitrogen and oxygen atoms in total. The Labute approximate surface area is 175 Å². The second-order valence-corrected chi connectivity index (χ2v) is 6.77. The zero-order chi connectivity index (χ0) is 20.8. The summed E-state index contributed by atoms with van der Waals surface area (Å²) in [7, 11) is 1.64. The number of carbonyl (C=O) groups excluding carboxylic acids is 1. The number of aromatic nitrogens is 3. The number of carbonyl (C=O) groups is 1. The van der Waals surface area contributed by atoms with Gasteiger partial charge in [0.25, 0.3) is 5.91 Å². The first kappa shape index (κ1) is 19.4. The minimum Gasteiger partial charge on any atom is -0.497 e. The molecule has 150 valence electrons. The Bertz CT molecular complexity index is 1110. The summed E-state index contributed by atoms with van der Waals surface area (Å²) in [6.07, 6.45) is 5.91. The first-order valence-electron chi connectivity index (χ1n) is 9.71. The molecule has 0 aliphatic rings. The smallest absolute Gasteiger partial charge is 0.255 e. The van der Waals surface area contributed by atoms with E-state index >= 15 is 0 Å². The number of benzene rings is 2. The Morgan fingerprint density at radius 2 is 1.83 bits per heavy atom. The topological polar surface area (TPSA) is 69.0 Å². The van der Waals surface area contributed by atoms with Gasteiger partial charge in [0, 0.05) is 30.7 Å². The highest BCUT2D eigenvalue weighted by molar-refractivity contribution is 5.99. The van der Waals surface area contributed by atoms with E-state index in [1.54, 1.807) is 30.4 Å². The Hall–Kier alpha value is -3.93. The van der Waals surface area contributed by atoms with Crippen molar-refractivity contribution in [1.29, 1.82) is 0 Å². The van der Waals surface area contributed by atoms with Crippen LogP contribution in [0.15, 0.2) is 85.3 Å². The number of pyridine rings is 1. The Balaban J connectivity index is 1.53. The summed E-state index contributed by atoms with van der Waals surface area (Å²) in [6.45, 7) is 0.522. The minimum absolute atomic E-state index is 0.162. The van der Waals surface area contributed by atoms with Crippen LogP contribution in [0.4, 0.5) is 0 Å². The highest BCUT2D eigenvalue weighted by Crippen LogP contribution is 2.23. The fourth-order valence-corrected chi connectivity index (χ4v) is 3.18. The maximum Gasteiger partial charge on any atom is 0.255 e. The second kappa shape index (κ2) is 9.05. The van der Waals surface area contributed by atoms with Crippen LogP contribution >= 0.6 is 0 Å². The molecule has 30 heavy (non-hydrogen) atoms. The molecule has 0 radical (unpaired) electrons. The van der Waals surface area contributed by atoms with Crippen LogP contribution in [0.3, 0.4) is 0 Å². The van der Waals surface area contributed by atoms with Gasteiger partial charge >= 0.3 is 0 Å². The van der Waals surface area contributed by atoms with Gasteiger partial charge in [-0.15, -0.1) is 0 Å². The third-order valence-electron chi connectivity index (χ3n) is 4.77. The van der Waals surface area contributed by atoms with Crippen LogP contribution in [-0.2, 0) is 6.42 Å². The lowest BCUT2D eigenvalue weighted by molar-refractivity contribution is 0.0954. The van der Waals surface area contributed by atoms with E-state index in [1.165, 1.54) is 0 Å². The van der Waals surface area contributed by atoms with E-state index in [0.29, 0.717) is 17.8 Å². The number of hydrogen-bond acceptors (Lipinski definition) is 4. The SMILES string of the molecule is COc1ccc(CCNC(=O)c2cn(-c3ccccc3)nc2-c2cccnc2)cc1. The predicted octanol–water partition coefficient (Wildman–Crippen LogP) is 3.92. The number of methoxy groups -OCH3 is 1. The Kier molecular flexibility index (Phi) is 5.85. The van der Waals surface area contributed by atoms with Crippen LogP contribution in [0.5, 0.6) is 5.75 Å². The van der Waals surface area contributed by atoms with Crippen LogP contribution in [-0.4, -0.2) is 34.3 Å². The molecule has 0 saturated heterocycles. The van der Waals surface area contributed by atoms with E-state index in [0.717, 1.165) is 29.0 Å². The average molecular weight is 398 g/mol. The van der Waals surface area contributed by atoms with Gasteiger partial charge < -0.3 is 10.1 Å². The number of hydrogen-bond donors (Lipinski definition) is 1. The van der Waals surface area contributed by atoms with E-state index in [9.17, 15) is 4.79 Å². The third-order valence-corrected chi connectivity index (χ3v) is 4.77. The molecule has 2 heterocycles. The van der Waals surface area contributed by atoms with E-state index in [-0.39, 0.29) is 5.91 Å².